The molecule has 0 bridgehead atoms. The molecule has 1 aliphatic carbocycles. The van der Waals surface area contributed by atoms with Gasteiger partial charge in [-0.25, -0.2) is 0 Å². The van der Waals surface area contributed by atoms with Gasteiger partial charge in [0.1, 0.15) is 0 Å². The molecule has 1 atom stereocenters. The Bertz CT molecular complexity index is 384. The van der Waals surface area contributed by atoms with Crippen LogP contribution >= 0.6 is 0 Å². The lowest BCUT2D eigenvalue weighted by molar-refractivity contribution is 0.283. The maximum absolute atomic E-state index is 5.40. The van der Waals surface area contributed by atoms with Gasteiger partial charge in [0.25, 0.3) is 0 Å². The first kappa shape index (κ1) is 12.6. The van der Waals surface area contributed by atoms with E-state index in [9.17, 15) is 0 Å². The average Bonchev–Trinajstić information content (AvgIpc) is 2.66. The predicted octanol–water partition coefficient (Wildman–Crippen LogP) is 2.61. The summed E-state index contributed by atoms with van der Waals surface area (Å²) in [5, 5.41) is 0. The molecular formula is C15H19N. The number of hydrogen-bond acceptors (Lipinski definition) is 1. The standard InChI is InChI=1S/C15H19N/c1-5-8-12-16(11-6-2)15-10-9-14(7-3)13(15)4/h2,7,15H,4,9-12H2,1,3H3/b14-7-. The molecule has 1 fully saturated rings. The van der Waals surface area contributed by atoms with Gasteiger partial charge in [-0.15, -0.1) is 12.3 Å². The zero-order valence-electron chi connectivity index (χ0n) is 10.2. The van der Waals surface area contributed by atoms with Gasteiger partial charge in [-0.05, 0) is 37.8 Å². The summed E-state index contributed by atoms with van der Waals surface area (Å²) >= 11 is 0. The lowest BCUT2D eigenvalue weighted by atomic mass is 10.1. The van der Waals surface area contributed by atoms with Crippen molar-refractivity contribution in [3.05, 3.63) is 23.8 Å². The molecule has 1 rings (SSSR count). The van der Waals surface area contributed by atoms with Crippen molar-refractivity contribution in [1.29, 1.82) is 0 Å². The Kier molecular flexibility index (Phi) is 4.90. The Morgan fingerprint density at radius 2 is 2.31 bits per heavy atom. The van der Waals surface area contributed by atoms with Gasteiger partial charge < -0.3 is 0 Å². The summed E-state index contributed by atoms with van der Waals surface area (Å²) in [6, 6.07) is 0.378. The summed E-state index contributed by atoms with van der Waals surface area (Å²) in [7, 11) is 0. The van der Waals surface area contributed by atoms with Crippen LogP contribution in [0.4, 0.5) is 0 Å². The minimum Gasteiger partial charge on any atom is -0.274 e. The molecule has 0 N–H and O–H groups in total. The van der Waals surface area contributed by atoms with E-state index < -0.39 is 0 Å². The van der Waals surface area contributed by atoms with Gasteiger partial charge in [0, 0.05) is 6.04 Å². The lowest BCUT2D eigenvalue weighted by Gasteiger charge is -2.25. The number of allylic oxidation sites excluding steroid dienone is 1. The van der Waals surface area contributed by atoms with Crippen LogP contribution in [0.1, 0.15) is 26.7 Å². The fourth-order valence-electron chi connectivity index (χ4n) is 2.15. The summed E-state index contributed by atoms with van der Waals surface area (Å²) < 4.78 is 0. The molecule has 0 aromatic rings. The first-order valence-corrected chi connectivity index (χ1v) is 5.66. The van der Waals surface area contributed by atoms with Crippen molar-refractivity contribution in [3.63, 3.8) is 0 Å². The number of hydrogen-bond donors (Lipinski definition) is 0. The molecule has 0 amide bonds. The number of rotatable bonds is 3. The van der Waals surface area contributed by atoms with Gasteiger partial charge in [-0.3, -0.25) is 4.90 Å². The van der Waals surface area contributed by atoms with Crippen LogP contribution in [-0.4, -0.2) is 24.0 Å². The normalized spacial score (nSPS) is 22.0. The maximum atomic E-state index is 5.40. The van der Waals surface area contributed by atoms with E-state index in [1.165, 1.54) is 11.1 Å². The highest BCUT2D eigenvalue weighted by Gasteiger charge is 2.27. The minimum absolute atomic E-state index is 0.378. The van der Waals surface area contributed by atoms with Crippen molar-refractivity contribution < 1.29 is 0 Å². The van der Waals surface area contributed by atoms with Crippen LogP contribution in [-0.2, 0) is 0 Å². The second-order valence-corrected chi connectivity index (χ2v) is 3.93. The zero-order chi connectivity index (χ0) is 12.0. The Morgan fingerprint density at radius 3 is 2.81 bits per heavy atom. The Balaban J connectivity index is 2.75. The van der Waals surface area contributed by atoms with E-state index in [-0.39, 0.29) is 0 Å². The van der Waals surface area contributed by atoms with Crippen LogP contribution in [0.15, 0.2) is 23.8 Å². The summed E-state index contributed by atoms with van der Waals surface area (Å²) in [4.78, 5) is 2.23. The van der Waals surface area contributed by atoms with Gasteiger partial charge in [0.2, 0.25) is 0 Å². The van der Waals surface area contributed by atoms with E-state index in [2.05, 4.69) is 42.2 Å². The van der Waals surface area contributed by atoms with Crippen molar-refractivity contribution in [2.45, 2.75) is 32.7 Å². The van der Waals surface area contributed by atoms with E-state index in [1.807, 2.05) is 6.92 Å². The van der Waals surface area contributed by atoms with Crippen LogP contribution < -0.4 is 0 Å². The van der Waals surface area contributed by atoms with Crippen molar-refractivity contribution in [1.82, 2.24) is 4.90 Å². The van der Waals surface area contributed by atoms with E-state index in [4.69, 9.17) is 6.42 Å². The molecule has 1 saturated carbocycles. The maximum Gasteiger partial charge on any atom is 0.0615 e. The largest absolute Gasteiger partial charge is 0.274 e. The van der Waals surface area contributed by atoms with Gasteiger partial charge in [-0.1, -0.05) is 24.5 Å². The predicted molar refractivity (Wildman–Crippen MR) is 69.8 cm³/mol. The molecule has 16 heavy (non-hydrogen) atoms. The molecule has 84 valence electrons. The molecule has 0 aromatic heterocycles. The van der Waals surface area contributed by atoms with Crippen molar-refractivity contribution in [2.24, 2.45) is 0 Å². The van der Waals surface area contributed by atoms with Gasteiger partial charge >= 0.3 is 0 Å². The fraction of sp³-hybridized carbons (Fsp3) is 0.467. The minimum atomic E-state index is 0.378. The average molecular weight is 213 g/mol. The van der Waals surface area contributed by atoms with Crippen LogP contribution in [0.5, 0.6) is 0 Å². The molecule has 0 saturated heterocycles. The first-order chi connectivity index (χ1) is 7.74. The highest BCUT2D eigenvalue weighted by Crippen LogP contribution is 2.32. The highest BCUT2D eigenvalue weighted by molar-refractivity contribution is 5.37. The molecule has 1 aliphatic rings. The Labute approximate surface area is 99.2 Å². The third-order valence-corrected chi connectivity index (χ3v) is 3.04. The van der Waals surface area contributed by atoms with Gasteiger partial charge in [0.05, 0.1) is 13.1 Å². The van der Waals surface area contributed by atoms with Crippen molar-refractivity contribution in [3.8, 4) is 24.2 Å². The Morgan fingerprint density at radius 1 is 1.56 bits per heavy atom. The second-order valence-electron chi connectivity index (χ2n) is 3.93. The van der Waals surface area contributed by atoms with E-state index in [0.717, 1.165) is 19.4 Å². The van der Waals surface area contributed by atoms with Gasteiger partial charge in [0.15, 0.2) is 0 Å². The van der Waals surface area contributed by atoms with E-state index in [1.54, 1.807) is 0 Å². The molecule has 0 heterocycles. The zero-order valence-corrected chi connectivity index (χ0v) is 10.2. The molecule has 1 nitrogen and oxygen atoms in total. The van der Waals surface area contributed by atoms with Crippen LogP contribution in [0.2, 0.25) is 0 Å². The third-order valence-electron chi connectivity index (χ3n) is 3.04. The first-order valence-electron chi connectivity index (χ1n) is 5.66. The Hall–Kier alpha value is -1.44. The SMILES string of the molecule is C#CCN(CC#CC)C1CC/C(=C/C)C1=C. The molecule has 0 aliphatic heterocycles. The lowest BCUT2D eigenvalue weighted by Crippen LogP contribution is -2.35. The summed E-state index contributed by atoms with van der Waals surface area (Å²) in [5.41, 5.74) is 2.59. The number of terminal acetylenes is 1. The molecule has 0 spiro atoms. The summed E-state index contributed by atoms with van der Waals surface area (Å²) in [6.07, 6.45) is 9.78. The van der Waals surface area contributed by atoms with Crippen LogP contribution in [0.3, 0.4) is 0 Å². The molecule has 1 heteroatoms. The monoisotopic (exact) mass is 213 g/mol. The quantitative estimate of drug-likeness (QED) is 0.651. The third kappa shape index (κ3) is 2.78. The number of nitrogens with zero attached hydrogens (tertiary/aromatic N) is 1. The topological polar surface area (TPSA) is 3.24 Å². The fourth-order valence-corrected chi connectivity index (χ4v) is 2.15. The van der Waals surface area contributed by atoms with E-state index >= 15 is 0 Å². The summed E-state index contributed by atoms with van der Waals surface area (Å²) in [5.74, 6) is 8.70. The molecule has 0 aromatic carbocycles. The second kappa shape index (κ2) is 6.21. The summed E-state index contributed by atoms with van der Waals surface area (Å²) in [6.45, 7) is 9.48. The smallest absolute Gasteiger partial charge is 0.0615 e. The van der Waals surface area contributed by atoms with Crippen LogP contribution in [0.25, 0.3) is 0 Å². The molecule has 0 radical (unpaired) electrons. The molecular weight excluding hydrogens is 194 g/mol. The van der Waals surface area contributed by atoms with E-state index in [0.29, 0.717) is 12.6 Å². The van der Waals surface area contributed by atoms with Gasteiger partial charge in [-0.2, -0.15) is 0 Å². The molecule has 1 unspecified atom stereocenters. The van der Waals surface area contributed by atoms with Crippen molar-refractivity contribution >= 4 is 0 Å². The van der Waals surface area contributed by atoms with Crippen LogP contribution in [0, 0.1) is 24.2 Å². The van der Waals surface area contributed by atoms with Crippen molar-refractivity contribution in [2.75, 3.05) is 13.1 Å². The highest BCUT2D eigenvalue weighted by atomic mass is 15.1.